The van der Waals surface area contributed by atoms with Gasteiger partial charge in [-0.3, -0.25) is 4.99 Å². The summed E-state index contributed by atoms with van der Waals surface area (Å²) in [6.07, 6.45) is 1.99. The number of aliphatic hydroxyl groups is 2. The van der Waals surface area contributed by atoms with Gasteiger partial charge in [-0.2, -0.15) is 0 Å². The number of aryl methyl sites for hydroxylation is 1. The number of hydrogen-bond donors (Lipinski definition) is 3. The molecule has 1 aliphatic heterocycles. The zero-order valence-electron chi connectivity index (χ0n) is 15.1. The van der Waals surface area contributed by atoms with Crippen LogP contribution in [0.2, 0.25) is 0 Å². The zero-order chi connectivity index (χ0) is 18.8. The Kier molecular flexibility index (Phi) is 5.48. The van der Waals surface area contributed by atoms with E-state index in [-0.39, 0.29) is 22.5 Å². The van der Waals surface area contributed by atoms with Crippen molar-refractivity contribution >= 4 is 11.8 Å². The topological polar surface area (TPSA) is 64.8 Å². The average Bonchev–Trinajstić information content (AvgIpc) is 2.54. The van der Waals surface area contributed by atoms with Crippen molar-refractivity contribution in [3.63, 3.8) is 0 Å². The fraction of sp³-hybridized carbons (Fsp3) is 0.350. The first-order valence-corrected chi connectivity index (χ1v) is 8.13. The highest BCUT2D eigenvalue weighted by atomic mass is 19.1. The van der Waals surface area contributed by atoms with E-state index in [0.29, 0.717) is 12.2 Å². The maximum Gasteiger partial charge on any atom is 0.131 e. The first kappa shape index (κ1) is 18.9. The summed E-state index contributed by atoms with van der Waals surface area (Å²) < 4.78 is 14.4. The number of nitrogens with zero attached hydrogens (tertiary/aromatic N) is 1. The standard InChI is InChI=1S/C20H25FN2O2/c1-12-6-7-15(16(21)8-12)13(2)17(19(25)20(3,4)5)18(24)14-9-22-11-23-10-14/h6-10,18,22,24-25H,2,11H2,1,3-5H3/b19-17+. The van der Waals surface area contributed by atoms with Crippen LogP contribution >= 0.6 is 0 Å². The highest BCUT2D eigenvalue weighted by Gasteiger charge is 2.30. The number of halogens is 1. The monoisotopic (exact) mass is 344 g/mol. The molecule has 0 aliphatic carbocycles. The molecular weight excluding hydrogens is 319 g/mol. The summed E-state index contributed by atoms with van der Waals surface area (Å²) in [5.41, 5.74) is 1.31. The average molecular weight is 344 g/mol. The second-order valence-corrected chi connectivity index (χ2v) is 7.19. The van der Waals surface area contributed by atoms with Gasteiger partial charge in [0.15, 0.2) is 0 Å². The van der Waals surface area contributed by atoms with Crippen molar-refractivity contribution in [1.29, 1.82) is 0 Å². The molecule has 0 aromatic heterocycles. The molecule has 1 aliphatic rings. The Balaban J connectivity index is 2.57. The van der Waals surface area contributed by atoms with Crippen LogP contribution in [0.15, 0.2) is 52.9 Å². The van der Waals surface area contributed by atoms with Gasteiger partial charge in [-0.1, -0.05) is 39.5 Å². The maximum absolute atomic E-state index is 14.4. The molecule has 3 N–H and O–H groups in total. The quantitative estimate of drug-likeness (QED) is 0.574. The summed E-state index contributed by atoms with van der Waals surface area (Å²) in [6, 6.07) is 4.78. The molecule has 0 bridgehead atoms. The van der Waals surface area contributed by atoms with Crippen LogP contribution in [0.25, 0.3) is 5.57 Å². The summed E-state index contributed by atoms with van der Waals surface area (Å²) in [7, 11) is 0. The molecule has 1 atom stereocenters. The number of rotatable bonds is 4. The maximum atomic E-state index is 14.4. The molecular formula is C20H25FN2O2. The number of hydrogen-bond acceptors (Lipinski definition) is 4. The minimum atomic E-state index is -1.18. The van der Waals surface area contributed by atoms with Gasteiger partial charge in [0.2, 0.25) is 0 Å². The highest BCUT2D eigenvalue weighted by Crippen LogP contribution is 2.36. The van der Waals surface area contributed by atoms with Crippen molar-refractivity contribution in [2.75, 3.05) is 6.67 Å². The summed E-state index contributed by atoms with van der Waals surface area (Å²) in [5, 5.41) is 24.5. The lowest BCUT2D eigenvalue weighted by Crippen LogP contribution is -2.26. The van der Waals surface area contributed by atoms with E-state index in [9.17, 15) is 14.6 Å². The van der Waals surface area contributed by atoms with Crippen molar-refractivity contribution < 1.29 is 14.6 Å². The molecule has 1 heterocycles. The Labute approximate surface area is 148 Å². The van der Waals surface area contributed by atoms with E-state index in [2.05, 4.69) is 16.9 Å². The Hall–Kier alpha value is -2.40. The van der Waals surface area contributed by atoms with Gasteiger partial charge in [-0.05, 0) is 24.1 Å². The smallest absolute Gasteiger partial charge is 0.131 e. The Morgan fingerprint density at radius 2 is 2.04 bits per heavy atom. The lowest BCUT2D eigenvalue weighted by atomic mass is 9.83. The van der Waals surface area contributed by atoms with Crippen LogP contribution in [0, 0.1) is 18.2 Å². The first-order valence-electron chi connectivity index (χ1n) is 8.13. The van der Waals surface area contributed by atoms with Gasteiger partial charge in [0.25, 0.3) is 0 Å². The fourth-order valence-electron chi connectivity index (χ4n) is 2.57. The molecule has 0 amide bonds. The van der Waals surface area contributed by atoms with E-state index in [1.807, 2.05) is 20.8 Å². The van der Waals surface area contributed by atoms with Gasteiger partial charge in [-0.25, -0.2) is 4.39 Å². The molecule has 1 unspecified atom stereocenters. The first-order chi connectivity index (χ1) is 11.6. The Bertz CT molecular complexity index is 770. The van der Waals surface area contributed by atoms with Gasteiger partial charge in [0, 0.05) is 34.5 Å². The second kappa shape index (κ2) is 7.23. The van der Waals surface area contributed by atoms with E-state index < -0.39 is 17.3 Å². The van der Waals surface area contributed by atoms with Crippen LogP contribution < -0.4 is 5.32 Å². The highest BCUT2D eigenvalue weighted by molar-refractivity contribution is 5.87. The van der Waals surface area contributed by atoms with Gasteiger partial charge in [0.1, 0.15) is 24.3 Å². The predicted octanol–water partition coefficient (Wildman–Crippen LogP) is 3.88. The van der Waals surface area contributed by atoms with Crippen molar-refractivity contribution in [3.8, 4) is 0 Å². The molecule has 0 spiro atoms. The van der Waals surface area contributed by atoms with Crippen LogP contribution in [0.5, 0.6) is 0 Å². The number of allylic oxidation sites excluding steroid dienone is 1. The molecule has 2 rings (SSSR count). The van der Waals surface area contributed by atoms with Crippen LogP contribution in [0.3, 0.4) is 0 Å². The van der Waals surface area contributed by atoms with Crippen molar-refractivity contribution in [1.82, 2.24) is 5.32 Å². The van der Waals surface area contributed by atoms with Crippen LogP contribution in [0.1, 0.15) is 31.9 Å². The summed E-state index contributed by atoms with van der Waals surface area (Å²) in [6.45, 7) is 11.6. The van der Waals surface area contributed by atoms with E-state index in [1.54, 1.807) is 25.3 Å². The SMILES string of the molecule is C=C(/C(=C(\O)C(C)(C)C)C(O)C1=CNCN=C1)c1ccc(C)cc1F. The van der Waals surface area contributed by atoms with Crippen molar-refractivity contribution in [3.05, 3.63) is 64.8 Å². The zero-order valence-corrected chi connectivity index (χ0v) is 15.1. The third kappa shape index (κ3) is 4.17. The summed E-state index contributed by atoms with van der Waals surface area (Å²) in [5.74, 6) is -0.481. The lowest BCUT2D eigenvalue weighted by Gasteiger charge is -2.27. The molecule has 5 heteroatoms. The lowest BCUT2D eigenvalue weighted by molar-refractivity contribution is 0.224. The van der Waals surface area contributed by atoms with Gasteiger partial charge < -0.3 is 15.5 Å². The van der Waals surface area contributed by atoms with Crippen LogP contribution in [0.4, 0.5) is 4.39 Å². The Morgan fingerprint density at radius 3 is 2.56 bits per heavy atom. The van der Waals surface area contributed by atoms with E-state index in [1.165, 1.54) is 12.3 Å². The van der Waals surface area contributed by atoms with Crippen LogP contribution in [-0.4, -0.2) is 29.2 Å². The molecule has 1 aromatic rings. The molecule has 4 nitrogen and oxygen atoms in total. The molecule has 0 radical (unpaired) electrons. The van der Waals surface area contributed by atoms with Gasteiger partial charge in [-0.15, -0.1) is 0 Å². The van der Waals surface area contributed by atoms with Crippen LogP contribution in [-0.2, 0) is 0 Å². The van der Waals surface area contributed by atoms with Gasteiger partial charge >= 0.3 is 0 Å². The molecule has 134 valence electrons. The predicted molar refractivity (Wildman–Crippen MR) is 99.9 cm³/mol. The normalized spacial score (nSPS) is 16.6. The minimum Gasteiger partial charge on any atom is -0.511 e. The molecule has 0 fully saturated rings. The summed E-state index contributed by atoms with van der Waals surface area (Å²) in [4.78, 5) is 4.07. The largest absolute Gasteiger partial charge is 0.511 e. The second-order valence-electron chi connectivity index (χ2n) is 7.19. The van der Waals surface area contributed by atoms with Crippen molar-refractivity contribution in [2.24, 2.45) is 10.4 Å². The third-order valence-corrected chi connectivity index (χ3v) is 4.02. The number of nitrogens with one attached hydrogen (secondary N) is 1. The van der Waals surface area contributed by atoms with E-state index in [0.717, 1.165) is 5.56 Å². The molecule has 25 heavy (non-hydrogen) atoms. The Morgan fingerprint density at radius 1 is 1.36 bits per heavy atom. The number of benzene rings is 1. The number of aliphatic imine (C=N–C) groups is 1. The fourth-order valence-corrected chi connectivity index (χ4v) is 2.57. The van der Waals surface area contributed by atoms with Crippen molar-refractivity contribution in [2.45, 2.75) is 33.8 Å². The number of aliphatic hydroxyl groups excluding tert-OH is 2. The van der Waals surface area contributed by atoms with E-state index >= 15 is 0 Å². The molecule has 0 saturated heterocycles. The third-order valence-electron chi connectivity index (χ3n) is 4.02. The molecule has 1 aromatic carbocycles. The minimum absolute atomic E-state index is 0.0372. The van der Waals surface area contributed by atoms with Gasteiger partial charge in [0.05, 0.1) is 0 Å². The summed E-state index contributed by atoms with van der Waals surface area (Å²) >= 11 is 0. The molecule has 0 saturated carbocycles. The van der Waals surface area contributed by atoms with E-state index in [4.69, 9.17) is 0 Å².